The van der Waals surface area contributed by atoms with Gasteiger partial charge in [-0.15, -0.1) is 0 Å². The molecule has 0 aliphatic heterocycles. The summed E-state index contributed by atoms with van der Waals surface area (Å²) >= 11 is 0. The van der Waals surface area contributed by atoms with Crippen molar-refractivity contribution >= 4 is 34.0 Å². The highest BCUT2D eigenvalue weighted by atomic mass is 16.5. The second kappa shape index (κ2) is 6.81. The minimum Gasteiger partial charge on any atom is -0.458 e. The maximum Gasteiger partial charge on any atom is 0.344 e. The number of nitrogens with zero attached hydrogens (tertiary/aromatic N) is 3. The molecule has 2 aromatic carbocycles. The number of hydrogen-bond acceptors (Lipinski definition) is 5. The van der Waals surface area contributed by atoms with Crippen molar-refractivity contribution in [3.63, 3.8) is 0 Å². The normalized spacial score (nSPS) is 11.1. The lowest BCUT2D eigenvalue weighted by Gasteiger charge is -2.12. The number of para-hydroxylation sites is 2. The Morgan fingerprint density at radius 2 is 1.86 bits per heavy atom. The summed E-state index contributed by atoms with van der Waals surface area (Å²) in [5, 5.41) is 0. The second-order valence-electron chi connectivity index (χ2n) is 6.59. The van der Waals surface area contributed by atoms with Crippen LogP contribution in [0.1, 0.15) is 21.5 Å². The average molecular weight is 372 g/mol. The molecule has 0 radical (unpaired) electrons. The summed E-state index contributed by atoms with van der Waals surface area (Å²) in [6.07, 6.45) is 1.51. The number of esters is 1. The molecule has 4 aromatic rings. The van der Waals surface area contributed by atoms with Crippen molar-refractivity contribution in [2.24, 2.45) is 0 Å². The zero-order chi connectivity index (χ0) is 19.8. The van der Waals surface area contributed by atoms with Gasteiger partial charge in [-0.2, -0.15) is 0 Å². The summed E-state index contributed by atoms with van der Waals surface area (Å²) in [7, 11) is 0. The Morgan fingerprint density at radius 3 is 2.57 bits per heavy atom. The van der Waals surface area contributed by atoms with Gasteiger partial charge in [-0.1, -0.05) is 36.9 Å². The van der Waals surface area contributed by atoms with Crippen molar-refractivity contribution in [3.05, 3.63) is 71.8 Å². The van der Waals surface area contributed by atoms with Gasteiger partial charge in [0.15, 0.2) is 5.65 Å². The van der Waals surface area contributed by atoms with E-state index in [1.54, 1.807) is 4.57 Å². The Bertz CT molecular complexity index is 1240. The van der Waals surface area contributed by atoms with Crippen LogP contribution in [0.2, 0.25) is 0 Å². The fourth-order valence-electron chi connectivity index (χ4n) is 3.29. The first kappa shape index (κ1) is 17.7. The summed E-state index contributed by atoms with van der Waals surface area (Å²) in [6.45, 7) is 7.72. The van der Waals surface area contributed by atoms with Gasteiger partial charge in [-0.25, -0.2) is 14.8 Å². The fourth-order valence-corrected chi connectivity index (χ4v) is 3.29. The molecular weight excluding hydrogens is 352 g/mol. The molecule has 0 bridgehead atoms. The Kier molecular flexibility index (Phi) is 4.31. The third-order valence-corrected chi connectivity index (χ3v) is 4.85. The maximum atomic E-state index is 12.7. The number of aryl methyl sites for hydroxylation is 1. The number of ether oxygens (including phenoxy) is 1. The Balaban J connectivity index is 2.10. The van der Waals surface area contributed by atoms with Crippen LogP contribution in [-0.2, 0) is 4.74 Å². The van der Waals surface area contributed by atoms with E-state index in [-0.39, 0.29) is 18.0 Å². The largest absolute Gasteiger partial charge is 0.458 e. The third kappa shape index (κ3) is 2.70. The molecule has 0 unspecified atom stereocenters. The van der Waals surface area contributed by atoms with E-state index in [9.17, 15) is 4.79 Å². The zero-order valence-corrected chi connectivity index (χ0v) is 15.8. The lowest BCUT2D eigenvalue weighted by molar-refractivity contribution is 0.0553. The SMILES string of the molecule is C=CCOC(=O)c1c(N)n(-c2cccc(C)c2C)c2nc3ccccc3nc12. The monoisotopic (exact) mass is 372 g/mol. The number of fused-ring (bicyclic) bond motifs is 2. The number of carbonyl (C=O) groups is 1. The molecule has 0 saturated heterocycles. The molecule has 0 fully saturated rings. The number of hydrogen-bond donors (Lipinski definition) is 1. The van der Waals surface area contributed by atoms with Gasteiger partial charge in [0, 0.05) is 0 Å². The van der Waals surface area contributed by atoms with Gasteiger partial charge in [0.25, 0.3) is 0 Å². The number of nitrogens with two attached hydrogens (primary N) is 1. The summed E-state index contributed by atoms with van der Waals surface area (Å²) in [4.78, 5) is 22.2. The van der Waals surface area contributed by atoms with Crippen LogP contribution in [0.3, 0.4) is 0 Å². The minimum absolute atomic E-state index is 0.0927. The number of aromatic nitrogens is 3. The molecule has 0 atom stereocenters. The molecule has 6 nitrogen and oxygen atoms in total. The molecule has 2 N–H and O–H groups in total. The standard InChI is InChI=1S/C22H20N4O2/c1-4-12-28-22(27)18-19-21(25-16-10-6-5-9-15(16)24-19)26(20(18)23)17-11-7-8-13(2)14(17)3/h4-11H,1,12,23H2,2-3H3. The molecule has 2 aromatic heterocycles. The van der Waals surface area contributed by atoms with Gasteiger partial charge >= 0.3 is 5.97 Å². The van der Waals surface area contributed by atoms with E-state index in [1.165, 1.54) is 6.08 Å². The van der Waals surface area contributed by atoms with E-state index in [0.717, 1.165) is 22.3 Å². The zero-order valence-electron chi connectivity index (χ0n) is 15.8. The fraction of sp³-hybridized carbons (Fsp3) is 0.136. The number of benzene rings is 2. The van der Waals surface area contributed by atoms with Crippen LogP contribution in [0, 0.1) is 13.8 Å². The first-order valence-corrected chi connectivity index (χ1v) is 8.94. The average Bonchev–Trinajstić information content (AvgIpc) is 2.97. The maximum absolute atomic E-state index is 12.7. The van der Waals surface area contributed by atoms with E-state index in [2.05, 4.69) is 11.6 Å². The molecule has 6 heteroatoms. The summed E-state index contributed by atoms with van der Waals surface area (Å²) < 4.78 is 7.04. The summed E-state index contributed by atoms with van der Waals surface area (Å²) in [5.41, 5.74) is 12.1. The molecule has 0 aliphatic carbocycles. The van der Waals surface area contributed by atoms with Gasteiger partial charge in [-0.05, 0) is 43.2 Å². The lowest BCUT2D eigenvalue weighted by atomic mass is 10.1. The third-order valence-electron chi connectivity index (χ3n) is 4.85. The number of rotatable bonds is 4. The first-order chi connectivity index (χ1) is 13.5. The lowest BCUT2D eigenvalue weighted by Crippen LogP contribution is -2.10. The molecule has 0 saturated carbocycles. The topological polar surface area (TPSA) is 83.0 Å². The van der Waals surface area contributed by atoms with Crippen LogP contribution in [-0.4, -0.2) is 27.1 Å². The molecular formula is C22H20N4O2. The van der Waals surface area contributed by atoms with Crippen molar-refractivity contribution in [1.82, 2.24) is 14.5 Å². The molecule has 140 valence electrons. The number of anilines is 1. The predicted molar refractivity (Wildman–Crippen MR) is 111 cm³/mol. The Labute approximate surface area is 162 Å². The van der Waals surface area contributed by atoms with Gasteiger partial charge in [0.2, 0.25) is 0 Å². The van der Waals surface area contributed by atoms with Crippen LogP contribution >= 0.6 is 0 Å². The molecule has 0 amide bonds. The first-order valence-electron chi connectivity index (χ1n) is 8.94. The Hall–Kier alpha value is -3.67. The van der Waals surface area contributed by atoms with Crippen LogP contribution in [0.4, 0.5) is 5.82 Å². The van der Waals surface area contributed by atoms with E-state index in [4.69, 9.17) is 15.5 Å². The van der Waals surface area contributed by atoms with Crippen molar-refractivity contribution in [2.75, 3.05) is 12.3 Å². The van der Waals surface area contributed by atoms with Crippen LogP contribution in [0.5, 0.6) is 0 Å². The van der Waals surface area contributed by atoms with Crippen molar-refractivity contribution < 1.29 is 9.53 Å². The van der Waals surface area contributed by atoms with Crippen molar-refractivity contribution in [1.29, 1.82) is 0 Å². The number of nitrogen functional groups attached to an aromatic ring is 1. The van der Waals surface area contributed by atoms with Gasteiger partial charge in [0.05, 0.1) is 16.7 Å². The van der Waals surface area contributed by atoms with Crippen molar-refractivity contribution in [2.45, 2.75) is 13.8 Å². The molecule has 2 heterocycles. The Morgan fingerprint density at radius 1 is 1.14 bits per heavy atom. The van der Waals surface area contributed by atoms with E-state index < -0.39 is 5.97 Å². The van der Waals surface area contributed by atoms with Gasteiger partial charge in [0.1, 0.15) is 23.5 Å². The number of carbonyl (C=O) groups excluding carboxylic acids is 1. The predicted octanol–water partition coefficient (Wildman–Crippen LogP) is 4.12. The molecule has 4 rings (SSSR count). The summed E-state index contributed by atoms with van der Waals surface area (Å²) in [6, 6.07) is 13.4. The van der Waals surface area contributed by atoms with Crippen molar-refractivity contribution in [3.8, 4) is 5.69 Å². The molecule has 0 spiro atoms. The van der Waals surface area contributed by atoms with Crippen LogP contribution < -0.4 is 5.73 Å². The van der Waals surface area contributed by atoms with Gasteiger partial charge < -0.3 is 10.5 Å². The van der Waals surface area contributed by atoms with Gasteiger partial charge in [-0.3, -0.25) is 4.57 Å². The highest BCUT2D eigenvalue weighted by molar-refractivity contribution is 6.09. The van der Waals surface area contributed by atoms with Crippen LogP contribution in [0.25, 0.3) is 27.9 Å². The van der Waals surface area contributed by atoms with E-state index in [0.29, 0.717) is 16.7 Å². The van der Waals surface area contributed by atoms with E-state index in [1.807, 2.05) is 56.3 Å². The smallest absolute Gasteiger partial charge is 0.344 e. The van der Waals surface area contributed by atoms with E-state index >= 15 is 0 Å². The quantitative estimate of drug-likeness (QED) is 0.430. The minimum atomic E-state index is -0.545. The summed E-state index contributed by atoms with van der Waals surface area (Å²) in [5.74, 6) is -0.288. The highest BCUT2D eigenvalue weighted by Gasteiger charge is 2.26. The molecule has 28 heavy (non-hydrogen) atoms. The second-order valence-corrected chi connectivity index (χ2v) is 6.59. The molecule has 0 aliphatic rings. The van der Waals surface area contributed by atoms with Crippen LogP contribution in [0.15, 0.2) is 55.1 Å². The highest BCUT2D eigenvalue weighted by Crippen LogP contribution is 2.33.